The van der Waals surface area contributed by atoms with Gasteiger partial charge in [0.05, 0.1) is 0 Å². The van der Waals surface area contributed by atoms with Crippen LogP contribution in [0.15, 0.2) is 42.7 Å². The molecular formula is C17H19F2N3O. The average molecular weight is 319 g/mol. The summed E-state index contributed by atoms with van der Waals surface area (Å²) in [6.45, 7) is 2.50. The molecule has 2 amide bonds. The van der Waals surface area contributed by atoms with Crippen LogP contribution in [-0.2, 0) is 6.54 Å². The zero-order chi connectivity index (χ0) is 16.8. The molecule has 0 aliphatic carbocycles. The molecule has 1 atom stereocenters. The summed E-state index contributed by atoms with van der Waals surface area (Å²) in [5, 5.41) is 2.75. The molecule has 0 bridgehead atoms. The van der Waals surface area contributed by atoms with Gasteiger partial charge >= 0.3 is 6.03 Å². The Balaban J connectivity index is 1.88. The number of amides is 2. The third-order valence-electron chi connectivity index (χ3n) is 3.57. The monoisotopic (exact) mass is 319 g/mol. The van der Waals surface area contributed by atoms with E-state index in [1.807, 2.05) is 12.1 Å². The Bertz CT molecular complexity index is 664. The molecule has 23 heavy (non-hydrogen) atoms. The summed E-state index contributed by atoms with van der Waals surface area (Å²) in [6.07, 6.45) is 3.33. The van der Waals surface area contributed by atoms with Crippen LogP contribution >= 0.6 is 0 Å². The van der Waals surface area contributed by atoms with Gasteiger partial charge in [0, 0.05) is 44.5 Å². The van der Waals surface area contributed by atoms with Gasteiger partial charge in [0.25, 0.3) is 0 Å². The number of halogens is 2. The van der Waals surface area contributed by atoms with Crippen molar-refractivity contribution in [3.8, 4) is 0 Å². The highest BCUT2D eigenvalue weighted by atomic mass is 19.1. The molecule has 0 saturated carbocycles. The molecule has 0 saturated heterocycles. The van der Waals surface area contributed by atoms with Crippen molar-refractivity contribution < 1.29 is 13.6 Å². The van der Waals surface area contributed by atoms with E-state index in [-0.39, 0.29) is 18.5 Å². The number of carbonyl (C=O) groups is 1. The van der Waals surface area contributed by atoms with Gasteiger partial charge in [-0.25, -0.2) is 13.6 Å². The molecule has 2 rings (SSSR count). The zero-order valence-corrected chi connectivity index (χ0v) is 13.1. The Morgan fingerprint density at radius 1 is 1.26 bits per heavy atom. The number of carbonyl (C=O) groups excluding carboxylic acids is 1. The molecule has 122 valence electrons. The van der Waals surface area contributed by atoms with Crippen molar-refractivity contribution in [3.05, 3.63) is 65.5 Å². The van der Waals surface area contributed by atoms with Crippen LogP contribution in [0.1, 0.15) is 24.0 Å². The third-order valence-corrected chi connectivity index (χ3v) is 3.57. The second kappa shape index (κ2) is 7.67. The van der Waals surface area contributed by atoms with Crippen molar-refractivity contribution in [2.45, 2.75) is 19.4 Å². The number of pyridine rings is 1. The number of hydrogen-bond donors (Lipinski definition) is 1. The van der Waals surface area contributed by atoms with Crippen LogP contribution in [0.2, 0.25) is 0 Å². The van der Waals surface area contributed by atoms with Crippen LogP contribution in [0.5, 0.6) is 0 Å². The quantitative estimate of drug-likeness (QED) is 0.919. The zero-order valence-electron chi connectivity index (χ0n) is 13.1. The Morgan fingerprint density at radius 3 is 2.61 bits per heavy atom. The normalized spacial score (nSPS) is 11.8. The van der Waals surface area contributed by atoms with Gasteiger partial charge in [-0.1, -0.05) is 13.0 Å². The van der Waals surface area contributed by atoms with E-state index in [9.17, 15) is 13.6 Å². The number of rotatable bonds is 5. The Hall–Kier alpha value is -2.50. The Labute approximate surface area is 134 Å². The minimum absolute atomic E-state index is 0.254. The maximum absolute atomic E-state index is 13.7. The number of hydrogen-bond acceptors (Lipinski definition) is 2. The number of nitrogens with zero attached hydrogens (tertiary/aromatic N) is 2. The molecule has 0 aliphatic heterocycles. The van der Waals surface area contributed by atoms with E-state index in [1.54, 1.807) is 26.4 Å². The highest BCUT2D eigenvalue weighted by Gasteiger charge is 2.14. The fourth-order valence-corrected chi connectivity index (χ4v) is 2.22. The minimum atomic E-state index is -0.612. The van der Waals surface area contributed by atoms with E-state index in [0.29, 0.717) is 12.1 Å². The second-order valence-corrected chi connectivity index (χ2v) is 5.46. The lowest BCUT2D eigenvalue weighted by Gasteiger charge is -2.20. The minimum Gasteiger partial charge on any atom is -0.337 e. The van der Waals surface area contributed by atoms with E-state index >= 15 is 0 Å². The molecule has 0 unspecified atom stereocenters. The van der Waals surface area contributed by atoms with E-state index in [4.69, 9.17) is 0 Å². The van der Waals surface area contributed by atoms with Crippen LogP contribution < -0.4 is 5.32 Å². The highest BCUT2D eigenvalue weighted by Crippen LogP contribution is 2.19. The second-order valence-electron chi connectivity index (χ2n) is 5.46. The maximum Gasteiger partial charge on any atom is 0.317 e. The summed E-state index contributed by atoms with van der Waals surface area (Å²) < 4.78 is 26.6. The molecular weight excluding hydrogens is 300 g/mol. The summed E-state index contributed by atoms with van der Waals surface area (Å²) >= 11 is 0. The first-order valence-corrected chi connectivity index (χ1v) is 7.30. The van der Waals surface area contributed by atoms with Gasteiger partial charge in [-0.15, -0.1) is 0 Å². The predicted molar refractivity (Wildman–Crippen MR) is 83.9 cm³/mol. The first-order valence-electron chi connectivity index (χ1n) is 7.30. The van der Waals surface area contributed by atoms with Crippen molar-refractivity contribution in [2.24, 2.45) is 0 Å². The maximum atomic E-state index is 13.7. The summed E-state index contributed by atoms with van der Waals surface area (Å²) in [4.78, 5) is 17.5. The van der Waals surface area contributed by atoms with E-state index in [1.165, 1.54) is 17.0 Å². The standard InChI is InChI=1S/C17H19F2N3O/c1-12(15-4-3-14(18)9-16(15)19)10-21-17(23)22(2)11-13-5-7-20-8-6-13/h3-9,12H,10-11H2,1-2H3,(H,21,23)/t12-/m1/s1. The lowest BCUT2D eigenvalue weighted by atomic mass is 10.0. The molecule has 1 heterocycles. The molecule has 4 nitrogen and oxygen atoms in total. The Morgan fingerprint density at radius 2 is 1.96 bits per heavy atom. The molecule has 2 aromatic rings. The van der Waals surface area contributed by atoms with Crippen molar-refractivity contribution in [1.82, 2.24) is 15.2 Å². The first kappa shape index (κ1) is 16.9. The van der Waals surface area contributed by atoms with Crippen molar-refractivity contribution in [3.63, 3.8) is 0 Å². The largest absolute Gasteiger partial charge is 0.337 e. The lowest BCUT2D eigenvalue weighted by molar-refractivity contribution is 0.206. The molecule has 1 aromatic heterocycles. The van der Waals surface area contributed by atoms with Gasteiger partial charge in [-0.05, 0) is 29.3 Å². The van der Waals surface area contributed by atoms with E-state index < -0.39 is 11.6 Å². The molecule has 1 N–H and O–H groups in total. The fourth-order valence-electron chi connectivity index (χ4n) is 2.22. The SMILES string of the molecule is C[C@H](CNC(=O)N(C)Cc1ccncc1)c1ccc(F)cc1F. The smallest absolute Gasteiger partial charge is 0.317 e. The topological polar surface area (TPSA) is 45.2 Å². The summed E-state index contributed by atoms with van der Waals surface area (Å²) in [7, 11) is 1.68. The molecule has 6 heteroatoms. The van der Waals surface area contributed by atoms with Gasteiger partial charge in [0.1, 0.15) is 11.6 Å². The fraction of sp³-hybridized carbons (Fsp3) is 0.294. The molecule has 0 radical (unpaired) electrons. The third kappa shape index (κ3) is 4.74. The van der Waals surface area contributed by atoms with Crippen molar-refractivity contribution >= 4 is 6.03 Å². The summed E-state index contributed by atoms with van der Waals surface area (Å²) in [5.74, 6) is -1.47. The van der Waals surface area contributed by atoms with Crippen LogP contribution in [0, 0.1) is 11.6 Å². The van der Waals surface area contributed by atoms with Crippen molar-refractivity contribution in [1.29, 1.82) is 0 Å². The first-order chi connectivity index (χ1) is 11.0. The number of benzene rings is 1. The van der Waals surface area contributed by atoms with Gasteiger partial charge in [-0.3, -0.25) is 4.98 Å². The van der Waals surface area contributed by atoms with Crippen LogP contribution in [0.4, 0.5) is 13.6 Å². The van der Waals surface area contributed by atoms with Gasteiger partial charge < -0.3 is 10.2 Å². The van der Waals surface area contributed by atoms with E-state index in [0.717, 1.165) is 11.6 Å². The van der Waals surface area contributed by atoms with Gasteiger partial charge in [0.2, 0.25) is 0 Å². The number of nitrogens with one attached hydrogen (secondary N) is 1. The van der Waals surface area contributed by atoms with Crippen LogP contribution in [-0.4, -0.2) is 29.5 Å². The van der Waals surface area contributed by atoms with Gasteiger partial charge in [-0.2, -0.15) is 0 Å². The number of urea groups is 1. The average Bonchev–Trinajstić information content (AvgIpc) is 2.53. The molecule has 0 aliphatic rings. The Kier molecular flexibility index (Phi) is 5.62. The number of aromatic nitrogens is 1. The van der Waals surface area contributed by atoms with Crippen LogP contribution in [0.25, 0.3) is 0 Å². The molecule has 0 fully saturated rings. The predicted octanol–water partition coefficient (Wildman–Crippen LogP) is 3.30. The van der Waals surface area contributed by atoms with Gasteiger partial charge in [0.15, 0.2) is 0 Å². The summed E-state index contributed by atoms with van der Waals surface area (Å²) in [6, 6.07) is 6.88. The van der Waals surface area contributed by atoms with Crippen molar-refractivity contribution in [2.75, 3.05) is 13.6 Å². The van der Waals surface area contributed by atoms with E-state index in [2.05, 4.69) is 10.3 Å². The summed E-state index contributed by atoms with van der Waals surface area (Å²) in [5.41, 5.74) is 1.35. The lowest BCUT2D eigenvalue weighted by Crippen LogP contribution is -2.38. The highest BCUT2D eigenvalue weighted by molar-refractivity contribution is 5.73. The van der Waals surface area contributed by atoms with Crippen LogP contribution in [0.3, 0.4) is 0 Å². The molecule has 0 spiro atoms. The molecule has 1 aromatic carbocycles.